The van der Waals surface area contributed by atoms with Crippen LogP contribution < -0.4 is 0 Å². The summed E-state index contributed by atoms with van der Waals surface area (Å²) < 4.78 is 6.16. The van der Waals surface area contributed by atoms with E-state index in [9.17, 15) is 19.5 Å². The Morgan fingerprint density at radius 1 is 0.837 bits per heavy atom. The number of carboxylic acids is 1. The highest BCUT2D eigenvalue weighted by molar-refractivity contribution is 6.02. The Balaban J connectivity index is 1.33. The quantitative estimate of drug-likeness (QED) is 0.357. The summed E-state index contributed by atoms with van der Waals surface area (Å²) in [7, 11) is 0. The largest absolute Gasteiger partial charge is 0.478 e. The molecule has 0 bridgehead atoms. The maximum absolute atomic E-state index is 14.6. The molecule has 0 radical (unpaired) electrons. The molecular formula is C38H52O5. The van der Waals surface area contributed by atoms with Crippen LogP contribution in [-0.2, 0) is 9.53 Å². The summed E-state index contributed by atoms with van der Waals surface area (Å²) in [6.07, 6.45) is 11.4. The van der Waals surface area contributed by atoms with Gasteiger partial charge in [-0.2, -0.15) is 0 Å². The van der Waals surface area contributed by atoms with E-state index in [-0.39, 0.29) is 56.1 Å². The number of esters is 1. The molecule has 1 aromatic carbocycles. The Morgan fingerprint density at radius 3 is 2.16 bits per heavy atom. The SMILES string of the molecule is CC1(C)CC[C@]2(C)CCC3(C)C(=CC(=O)C4[C@@]5(C)CC[C@H](OC(=O)c6ccccc6C(=O)O)C(C)(C)C5CC[C@]43C)[C@@H]2C1. The van der Waals surface area contributed by atoms with Crippen molar-refractivity contribution < 1.29 is 24.2 Å². The van der Waals surface area contributed by atoms with Gasteiger partial charge in [-0.3, -0.25) is 4.79 Å². The maximum Gasteiger partial charge on any atom is 0.339 e. The highest BCUT2D eigenvalue weighted by Crippen LogP contribution is 2.75. The third-order valence-electron chi connectivity index (χ3n) is 14.4. The standard InChI is InChI=1S/C38H52O5/c1-33(2)17-18-35(5)19-20-37(7)25(26(35)22-33)21-27(39)30-36(6)15-14-29(34(3,4)28(36)13-16-38(30,37)8)43-32(42)24-12-10-9-11-23(24)31(40)41/h9-12,21,26,28-30H,13-20,22H2,1-8H3,(H,40,41)/t26-,28?,29-,30?,35+,36-,37?,38+/m0/s1. The van der Waals surface area contributed by atoms with Crippen LogP contribution in [0, 0.1) is 50.2 Å². The van der Waals surface area contributed by atoms with Crippen LogP contribution in [0.1, 0.15) is 134 Å². The summed E-state index contributed by atoms with van der Waals surface area (Å²) in [6, 6.07) is 6.28. The normalized spacial score (nSPS) is 42.8. The van der Waals surface area contributed by atoms with E-state index < -0.39 is 11.9 Å². The molecule has 0 aliphatic heterocycles. The van der Waals surface area contributed by atoms with Crippen LogP contribution in [0.2, 0.25) is 0 Å². The van der Waals surface area contributed by atoms with Crippen molar-refractivity contribution in [2.45, 2.75) is 119 Å². The number of ketones is 1. The van der Waals surface area contributed by atoms with E-state index in [4.69, 9.17) is 4.74 Å². The monoisotopic (exact) mass is 588 g/mol. The summed E-state index contributed by atoms with van der Waals surface area (Å²) in [4.78, 5) is 39.7. The van der Waals surface area contributed by atoms with Gasteiger partial charge in [0.2, 0.25) is 0 Å². The smallest absolute Gasteiger partial charge is 0.339 e. The summed E-state index contributed by atoms with van der Waals surface area (Å²) in [5.41, 5.74) is 1.45. The van der Waals surface area contributed by atoms with Gasteiger partial charge in [-0.15, -0.1) is 0 Å². The fourth-order valence-electron chi connectivity index (χ4n) is 11.6. The summed E-state index contributed by atoms with van der Waals surface area (Å²) in [6.45, 7) is 19.0. The van der Waals surface area contributed by atoms with Gasteiger partial charge in [0.05, 0.1) is 11.1 Å². The Morgan fingerprint density at radius 2 is 1.49 bits per heavy atom. The van der Waals surface area contributed by atoms with Crippen molar-refractivity contribution in [3.05, 3.63) is 47.0 Å². The first-order valence-electron chi connectivity index (χ1n) is 16.7. The third-order valence-corrected chi connectivity index (χ3v) is 14.4. The van der Waals surface area contributed by atoms with Crippen LogP contribution in [0.4, 0.5) is 0 Å². The second-order valence-corrected chi connectivity index (χ2v) is 17.5. The summed E-state index contributed by atoms with van der Waals surface area (Å²) in [5.74, 6) is -0.749. The lowest BCUT2D eigenvalue weighted by Gasteiger charge is -2.70. The predicted octanol–water partition coefficient (Wildman–Crippen LogP) is 8.91. The number of aromatic carboxylic acids is 1. The second kappa shape index (κ2) is 9.54. The van der Waals surface area contributed by atoms with Gasteiger partial charge in [-0.05, 0) is 115 Å². The van der Waals surface area contributed by atoms with Crippen molar-refractivity contribution in [2.24, 2.45) is 50.2 Å². The number of hydrogen-bond acceptors (Lipinski definition) is 4. The Bertz CT molecular complexity index is 1400. The number of rotatable bonds is 3. The molecule has 1 aromatic rings. The van der Waals surface area contributed by atoms with Gasteiger partial charge < -0.3 is 9.84 Å². The fourth-order valence-corrected chi connectivity index (χ4v) is 11.6. The molecular weight excluding hydrogens is 536 g/mol. The Kier molecular flexibility index (Phi) is 6.78. The van der Waals surface area contributed by atoms with Crippen LogP contribution in [0.5, 0.6) is 0 Å². The third kappa shape index (κ3) is 4.26. The minimum atomic E-state index is -1.13. The van der Waals surface area contributed by atoms with E-state index >= 15 is 0 Å². The molecule has 1 N–H and O–H groups in total. The van der Waals surface area contributed by atoms with Crippen molar-refractivity contribution in [3.8, 4) is 0 Å². The average Bonchev–Trinajstić information content (AvgIpc) is 2.92. The minimum absolute atomic E-state index is 0.00511. The van der Waals surface area contributed by atoms with Gasteiger partial charge in [0, 0.05) is 11.3 Å². The number of allylic oxidation sites excluding steroid dienone is 2. The second-order valence-electron chi connectivity index (χ2n) is 17.5. The topological polar surface area (TPSA) is 80.7 Å². The van der Waals surface area contributed by atoms with Crippen molar-refractivity contribution in [1.82, 2.24) is 0 Å². The van der Waals surface area contributed by atoms with Gasteiger partial charge in [0.25, 0.3) is 0 Å². The number of carboxylic acid groups (broad SMARTS) is 1. The zero-order valence-corrected chi connectivity index (χ0v) is 27.6. The van der Waals surface area contributed by atoms with Gasteiger partial charge in [-0.25, -0.2) is 9.59 Å². The molecule has 234 valence electrons. The van der Waals surface area contributed by atoms with Gasteiger partial charge in [-0.1, -0.05) is 73.1 Å². The number of ether oxygens (including phenoxy) is 1. The van der Waals surface area contributed by atoms with Gasteiger partial charge >= 0.3 is 11.9 Å². The van der Waals surface area contributed by atoms with Crippen molar-refractivity contribution in [3.63, 3.8) is 0 Å². The Hall–Kier alpha value is -2.43. The molecule has 5 heteroatoms. The molecule has 4 saturated carbocycles. The Labute approximate surface area is 258 Å². The zero-order chi connectivity index (χ0) is 31.4. The van der Waals surface area contributed by atoms with E-state index in [2.05, 4.69) is 61.5 Å². The van der Waals surface area contributed by atoms with E-state index in [0.717, 1.165) is 25.7 Å². The number of fused-ring (bicyclic) bond motifs is 7. The van der Waals surface area contributed by atoms with Crippen LogP contribution in [0.25, 0.3) is 0 Å². The van der Waals surface area contributed by atoms with Crippen molar-refractivity contribution in [2.75, 3.05) is 0 Å². The molecule has 43 heavy (non-hydrogen) atoms. The maximum atomic E-state index is 14.6. The molecule has 5 aliphatic rings. The van der Waals surface area contributed by atoms with E-state index in [1.54, 1.807) is 12.1 Å². The van der Waals surface area contributed by atoms with Gasteiger partial charge in [0.15, 0.2) is 5.78 Å². The first-order chi connectivity index (χ1) is 19.9. The number of carbonyl (C=O) groups excluding carboxylic acids is 2. The van der Waals surface area contributed by atoms with E-state index in [0.29, 0.717) is 23.5 Å². The van der Waals surface area contributed by atoms with E-state index in [1.807, 2.05) is 0 Å². The molecule has 0 heterocycles. The molecule has 8 atom stereocenters. The first-order valence-corrected chi connectivity index (χ1v) is 16.7. The minimum Gasteiger partial charge on any atom is -0.478 e. The molecule has 5 nitrogen and oxygen atoms in total. The van der Waals surface area contributed by atoms with Gasteiger partial charge in [0.1, 0.15) is 6.10 Å². The molecule has 0 spiro atoms. The first kappa shape index (κ1) is 30.6. The highest BCUT2D eigenvalue weighted by atomic mass is 16.5. The van der Waals surface area contributed by atoms with Crippen molar-refractivity contribution >= 4 is 17.7 Å². The molecule has 3 unspecified atom stereocenters. The molecule has 5 aliphatic carbocycles. The number of carbonyl (C=O) groups is 3. The number of hydrogen-bond donors (Lipinski definition) is 1. The van der Waals surface area contributed by atoms with Crippen LogP contribution in [0.3, 0.4) is 0 Å². The number of benzene rings is 1. The fraction of sp³-hybridized carbons (Fsp3) is 0.711. The predicted molar refractivity (Wildman–Crippen MR) is 168 cm³/mol. The summed E-state index contributed by atoms with van der Waals surface area (Å²) in [5, 5.41) is 9.63. The molecule has 6 rings (SSSR count). The lowest BCUT2D eigenvalue weighted by atomic mass is 9.33. The molecule has 0 amide bonds. The van der Waals surface area contributed by atoms with E-state index in [1.165, 1.54) is 43.4 Å². The lowest BCUT2D eigenvalue weighted by molar-refractivity contribution is -0.202. The average molecular weight is 589 g/mol. The highest BCUT2D eigenvalue weighted by Gasteiger charge is 2.70. The lowest BCUT2D eigenvalue weighted by Crippen LogP contribution is -2.66. The van der Waals surface area contributed by atoms with Crippen LogP contribution in [0.15, 0.2) is 35.9 Å². The molecule has 0 aromatic heterocycles. The van der Waals surface area contributed by atoms with Crippen LogP contribution in [-0.4, -0.2) is 28.9 Å². The zero-order valence-electron chi connectivity index (χ0n) is 27.6. The van der Waals surface area contributed by atoms with Crippen LogP contribution >= 0.6 is 0 Å². The van der Waals surface area contributed by atoms with Crippen molar-refractivity contribution in [1.29, 1.82) is 0 Å². The summed E-state index contributed by atoms with van der Waals surface area (Å²) >= 11 is 0. The molecule has 4 fully saturated rings. The molecule has 0 saturated heterocycles.